The Bertz CT molecular complexity index is 380. The Hall–Kier alpha value is -1.25. The third-order valence-corrected chi connectivity index (χ3v) is 2.40. The molecule has 1 heterocycles. The highest BCUT2D eigenvalue weighted by Gasteiger charge is 2.02. The lowest BCUT2D eigenvalue weighted by Gasteiger charge is -2.10. The minimum absolute atomic E-state index is 0.319. The van der Waals surface area contributed by atoms with Gasteiger partial charge in [0, 0.05) is 19.3 Å². The van der Waals surface area contributed by atoms with Crippen molar-refractivity contribution in [1.29, 1.82) is 0 Å². The number of hydrogen-bond donors (Lipinski definition) is 1. The monoisotopic (exact) mass is 208 g/mol. The molecule has 1 N–H and O–H groups in total. The van der Waals surface area contributed by atoms with Crippen molar-refractivity contribution in [2.24, 2.45) is 4.99 Å². The summed E-state index contributed by atoms with van der Waals surface area (Å²) in [4.78, 5) is 4.32. The van der Waals surface area contributed by atoms with Crippen molar-refractivity contribution >= 4 is 0 Å². The highest BCUT2D eigenvalue weighted by Crippen LogP contribution is 2.09. The molecule has 0 saturated carbocycles. The number of hydrogen-bond acceptors (Lipinski definition) is 2. The Labute approximate surface area is 91.1 Å². The molecule has 1 rings (SSSR count). The molecule has 0 amide bonds. The molecule has 0 unspecified atom stereocenters. The van der Waals surface area contributed by atoms with Crippen LogP contribution in [-0.4, -0.2) is 16.2 Å². The number of aromatic nitrogens is 1. The van der Waals surface area contributed by atoms with Crippen molar-refractivity contribution < 1.29 is 5.11 Å². The van der Waals surface area contributed by atoms with Crippen LogP contribution in [0.25, 0.3) is 0 Å². The van der Waals surface area contributed by atoms with Crippen molar-refractivity contribution in [3.05, 3.63) is 23.3 Å². The van der Waals surface area contributed by atoms with Gasteiger partial charge in [-0.2, -0.15) is 0 Å². The summed E-state index contributed by atoms with van der Waals surface area (Å²) in [7, 11) is 0. The molecule has 0 aliphatic heterocycles. The Kier molecular flexibility index (Phi) is 4.40. The van der Waals surface area contributed by atoms with Crippen LogP contribution in [0.5, 0.6) is 5.75 Å². The van der Waals surface area contributed by atoms with E-state index < -0.39 is 0 Å². The fourth-order valence-corrected chi connectivity index (χ4v) is 1.52. The highest BCUT2D eigenvalue weighted by molar-refractivity contribution is 5.24. The van der Waals surface area contributed by atoms with Crippen LogP contribution in [0.1, 0.15) is 32.4 Å². The van der Waals surface area contributed by atoms with Gasteiger partial charge < -0.3 is 9.67 Å². The summed E-state index contributed by atoms with van der Waals surface area (Å²) < 4.78 is 2.06. The molecule has 3 heteroatoms. The van der Waals surface area contributed by atoms with Crippen molar-refractivity contribution in [3.8, 4) is 5.75 Å². The molecular weight excluding hydrogens is 188 g/mol. The van der Waals surface area contributed by atoms with Crippen LogP contribution in [0.2, 0.25) is 0 Å². The normalized spacial score (nSPS) is 12.1. The summed E-state index contributed by atoms with van der Waals surface area (Å²) in [6, 6.07) is 1.88. The summed E-state index contributed by atoms with van der Waals surface area (Å²) in [5.41, 5.74) is 0.897. The number of aryl methyl sites for hydroxylation is 1. The molecule has 0 radical (unpaired) electrons. The first-order valence-electron chi connectivity index (χ1n) is 5.60. The summed E-state index contributed by atoms with van der Waals surface area (Å²) in [6.07, 6.45) is 4.06. The van der Waals surface area contributed by atoms with Gasteiger partial charge in [0.15, 0.2) is 5.75 Å². The predicted octanol–water partition coefficient (Wildman–Crippen LogP) is 2.22. The number of nitrogens with zero attached hydrogens (tertiary/aromatic N) is 2. The minimum atomic E-state index is 0.319. The molecular formula is C12H20N2O. The zero-order chi connectivity index (χ0) is 11.3. The van der Waals surface area contributed by atoms with Gasteiger partial charge in [0.2, 0.25) is 0 Å². The highest BCUT2D eigenvalue weighted by atomic mass is 16.3. The van der Waals surface area contributed by atoms with Crippen molar-refractivity contribution in [1.82, 2.24) is 4.57 Å². The molecule has 0 spiro atoms. The van der Waals surface area contributed by atoms with Gasteiger partial charge in [-0.1, -0.05) is 13.8 Å². The maximum atomic E-state index is 9.92. The van der Waals surface area contributed by atoms with Gasteiger partial charge in [-0.05, 0) is 25.8 Å². The summed E-state index contributed by atoms with van der Waals surface area (Å²) >= 11 is 0. The van der Waals surface area contributed by atoms with Gasteiger partial charge in [0.05, 0.1) is 5.69 Å². The zero-order valence-electron chi connectivity index (χ0n) is 9.82. The number of pyridine rings is 1. The van der Waals surface area contributed by atoms with Gasteiger partial charge in [-0.3, -0.25) is 4.99 Å². The fraction of sp³-hybridized carbons (Fsp3) is 0.583. The molecule has 15 heavy (non-hydrogen) atoms. The zero-order valence-corrected chi connectivity index (χ0v) is 9.82. The second kappa shape index (κ2) is 5.59. The van der Waals surface area contributed by atoms with E-state index in [-0.39, 0.29) is 0 Å². The Morgan fingerprint density at radius 2 is 2.07 bits per heavy atom. The van der Waals surface area contributed by atoms with Gasteiger partial charge in [-0.15, -0.1) is 0 Å². The van der Waals surface area contributed by atoms with E-state index in [1.807, 2.05) is 19.2 Å². The molecule has 0 saturated heterocycles. The molecule has 0 fully saturated rings. The van der Waals surface area contributed by atoms with Gasteiger partial charge in [-0.25, -0.2) is 0 Å². The van der Waals surface area contributed by atoms with Crippen LogP contribution in [0.3, 0.4) is 0 Å². The van der Waals surface area contributed by atoms with Crippen LogP contribution in [0, 0.1) is 6.92 Å². The van der Waals surface area contributed by atoms with Gasteiger partial charge in [0.1, 0.15) is 5.36 Å². The lowest BCUT2D eigenvalue weighted by molar-refractivity contribution is 0.449. The third-order valence-electron chi connectivity index (χ3n) is 2.40. The van der Waals surface area contributed by atoms with E-state index >= 15 is 0 Å². The third kappa shape index (κ3) is 2.85. The van der Waals surface area contributed by atoms with E-state index in [4.69, 9.17) is 0 Å². The maximum absolute atomic E-state index is 9.92. The van der Waals surface area contributed by atoms with Gasteiger partial charge in [0.25, 0.3) is 0 Å². The maximum Gasteiger partial charge on any atom is 0.160 e. The summed E-state index contributed by atoms with van der Waals surface area (Å²) in [5.74, 6) is 0.319. The topological polar surface area (TPSA) is 37.5 Å². The van der Waals surface area contributed by atoms with Crippen molar-refractivity contribution in [3.63, 3.8) is 0 Å². The van der Waals surface area contributed by atoms with Crippen LogP contribution < -0.4 is 5.36 Å². The summed E-state index contributed by atoms with van der Waals surface area (Å²) in [6.45, 7) is 7.83. The number of rotatable bonds is 4. The number of aromatic hydroxyl groups is 1. The second-order valence-corrected chi connectivity index (χ2v) is 3.71. The van der Waals surface area contributed by atoms with E-state index in [1.54, 1.807) is 0 Å². The molecule has 1 aromatic heterocycles. The van der Waals surface area contributed by atoms with Crippen LogP contribution in [0.4, 0.5) is 0 Å². The van der Waals surface area contributed by atoms with E-state index in [9.17, 15) is 5.11 Å². The molecule has 0 atom stereocenters. The Balaban J connectivity index is 3.09. The smallest absolute Gasteiger partial charge is 0.160 e. The quantitative estimate of drug-likeness (QED) is 0.809. The average Bonchev–Trinajstić information content (AvgIpc) is 2.24. The molecule has 3 nitrogen and oxygen atoms in total. The Morgan fingerprint density at radius 3 is 2.67 bits per heavy atom. The summed E-state index contributed by atoms with van der Waals surface area (Å²) in [5, 5.41) is 10.6. The van der Waals surface area contributed by atoms with E-state index in [0.717, 1.165) is 31.6 Å². The Morgan fingerprint density at radius 1 is 1.33 bits per heavy atom. The average molecular weight is 208 g/mol. The van der Waals surface area contributed by atoms with Crippen LogP contribution >= 0.6 is 0 Å². The van der Waals surface area contributed by atoms with E-state index in [2.05, 4.69) is 23.4 Å². The fourth-order valence-electron chi connectivity index (χ4n) is 1.52. The van der Waals surface area contributed by atoms with Crippen molar-refractivity contribution in [2.75, 3.05) is 6.54 Å². The largest absolute Gasteiger partial charge is 0.504 e. The standard InChI is InChI=1S/C12H20N2O/c1-4-7-13-11-6-9-14(8-5-2)10(3)12(11)15/h6,9,15H,4-5,7-8H2,1-3H3. The first-order chi connectivity index (χ1) is 7.20. The van der Waals surface area contributed by atoms with Crippen LogP contribution in [0.15, 0.2) is 17.3 Å². The molecule has 84 valence electrons. The second-order valence-electron chi connectivity index (χ2n) is 3.71. The first-order valence-corrected chi connectivity index (χ1v) is 5.60. The molecule has 0 aromatic carbocycles. The molecule has 1 aromatic rings. The van der Waals surface area contributed by atoms with Crippen molar-refractivity contribution in [2.45, 2.75) is 40.2 Å². The SMILES string of the molecule is CCCN=c1ccn(CCC)c(C)c1O. The predicted molar refractivity (Wildman–Crippen MR) is 61.8 cm³/mol. The van der Waals surface area contributed by atoms with Crippen LogP contribution in [-0.2, 0) is 6.54 Å². The van der Waals surface area contributed by atoms with E-state index in [1.165, 1.54) is 0 Å². The van der Waals surface area contributed by atoms with Gasteiger partial charge >= 0.3 is 0 Å². The lowest BCUT2D eigenvalue weighted by atomic mass is 10.3. The molecule has 0 bridgehead atoms. The minimum Gasteiger partial charge on any atom is -0.504 e. The first kappa shape index (κ1) is 11.8. The molecule has 0 aliphatic rings. The lowest BCUT2D eigenvalue weighted by Crippen LogP contribution is -2.11. The molecule has 0 aliphatic carbocycles. The van der Waals surface area contributed by atoms with E-state index in [0.29, 0.717) is 11.1 Å².